The van der Waals surface area contributed by atoms with Crippen LogP contribution in [0.15, 0.2) is 6.07 Å². The van der Waals surface area contributed by atoms with Crippen molar-refractivity contribution >= 4 is 18.3 Å². The maximum Gasteiger partial charge on any atom is 0.274 e. The van der Waals surface area contributed by atoms with Gasteiger partial charge in [0, 0.05) is 31.2 Å². The predicted molar refractivity (Wildman–Crippen MR) is 101 cm³/mol. The quantitative estimate of drug-likeness (QED) is 0.849. The molecule has 1 aliphatic rings. The molecule has 2 rings (SSSR count). The zero-order valence-electron chi connectivity index (χ0n) is 15.9. The van der Waals surface area contributed by atoms with Crippen LogP contribution in [0.25, 0.3) is 0 Å². The molecule has 1 aromatic rings. The summed E-state index contributed by atoms with van der Waals surface area (Å²) in [5.74, 6) is 0.994. The Kier molecular flexibility index (Phi) is 6.88. The van der Waals surface area contributed by atoms with Gasteiger partial charge < -0.3 is 10.6 Å². The molecule has 1 atom stereocenters. The Morgan fingerprint density at radius 2 is 2.00 bits per heavy atom. The normalized spacial score (nSPS) is 16.0. The molecule has 0 aliphatic heterocycles. The van der Waals surface area contributed by atoms with Crippen molar-refractivity contribution in [1.29, 1.82) is 0 Å². The molecule has 1 heterocycles. The fraction of sp³-hybridized carbons (Fsp3) is 0.778. The lowest BCUT2D eigenvalue weighted by Gasteiger charge is -2.23. The maximum absolute atomic E-state index is 12.7. The molecule has 1 aromatic heterocycles. The molecule has 0 aromatic carbocycles. The van der Waals surface area contributed by atoms with E-state index in [-0.39, 0.29) is 29.9 Å². The Balaban J connectivity index is 0.00000288. The van der Waals surface area contributed by atoms with Gasteiger partial charge in [-0.3, -0.25) is 9.48 Å². The first kappa shape index (κ1) is 21.0. The average Bonchev–Trinajstić information content (AvgIpc) is 3.20. The van der Waals surface area contributed by atoms with E-state index < -0.39 is 0 Å². The maximum atomic E-state index is 12.7. The molecule has 1 amide bonds. The number of carbonyl (C=O) groups excluding carboxylic acids is 1. The summed E-state index contributed by atoms with van der Waals surface area (Å²) in [7, 11) is 1.84. The zero-order valence-corrected chi connectivity index (χ0v) is 16.7. The van der Waals surface area contributed by atoms with Crippen LogP contribution in [0, 0.1) is 5.92 Å². The van der Waals surface area contributed by atoms with Crippen LogP contribution in [0.1, 0.15) is 76.0 Å². The molecule has 0 radical (unpaired) electrons. The van der Waals surface area contributed by atoms with Crippen molar-refractivity contribution in [2.75, 3.05) is 13.6 Å². The number of rotatable bonds is 6. The first-order valence-corrected chi connectivity index (χ1v) is 8.72. The highest BCUT2D eigenvalue weighted by atomic mass is 35.5. The summed E-state index contributed by atoms with van der Waals surface area (Å²) in [5.41, 5.74) is 7.74. The van der Waals surface area contributed by atoms with E-state index in [2.05, 4.69) is 39.7 Å². The van der Waals surface area contributed by atoms with Gasteiger partial charge in [0.25, 0.3) is 5.91 Å². The first-order chi connectivity index (χ1) is 10.6. The molecule has 1 saturated carbocycles. The minimum atomic E-state index is -0.102. The molecule has 1 unspecified atom stereocenters. The Morgan fingerprint density at radius 3 is 2.46 bits per heavy atom. The molecule has 24 heavy (non-hydrogen) atoms. The number of hydrogen-bond acceptors (Lipinski definition) is 3. The van der Waals surface area contributed by atoms with E-state index in [1.54, 1.807) is 4.90 Å². The van der Waals surface area contributed by atoms with Crippen LogP contribution in [-0.4, -0.2) is 40.2 Å². The number of halogens is 1. The van der Waals surface area contributed by atoms with E-state index in [1.165, 1.54) is 18.5 Å². The molecule has 1 aliphatic carbocycles. The molecule has 1 fully saturated rings. The Hall–Kier alpha value is -1.07. The van der Waals surface area contributed by atoms with Crippen molar-refractivity contribution in [2.24, 2.45) is 11.7 Å². The van der Waals surface area contributed by atoms with Crippen molar-refractivity contribution in [3.63, 3.8) is 0 Å². The lowest BCUT2D eigenvalue weighted by Crippen LogP contribution is -2.35. The summed E-state index contributed by atoms with van der Waals surface area (Å²) in [5, 5.41) is 4.62. The number of carbonyl (C=O) groups is 1. The van der Waals surface area contributed by atoms with Gasteiger partial charge in [0.2, 0.25) is 0 Å². The van der Waals surface area contributed by atoms with Crippen molar-refractivity contribution in [1.82, 2.24) is 14.7 Å². The van der Waals surface area contributed by atoms with Crippen LogP contribution in [-0.2, 0) is 5.54 Å². The van der Waals surface area contributed by atoms with Gasteiger partial charge in [-0.1, -0.05) is 13.8 Å². The lowest BCUT2D eigenvalue weighted by molar-refractivity contribution is 0.0781. The molecule has 2 N–H and O–H groups in total. The van der Waals surface area contributed by atoms with E-state index in [1.807, 2.05) is 17.8 Å². The summed E-state index contributed by atoms with van der Waals surface area (Å²) in [6.07, 6.45) is 3.22. The average molecular weight is 357 g/mol. The molecule has 0 saturated heterocycles. The third-order valence-corrected chi connectivity index (χ3v) is 4.59. The van der Waals surface area contributed by atoms with Gasteiger partial charge in [-0.15, -0.1) is 12.4 Å². The molecular weight excluding hydrogens is 324 g/mol. The molecular formula is C18H33ClN4O. The molecule has 5 nitrogen and oxygen atoms in total. The Bertz CT molecular complexity index is 558. The van der Waals surface area contributed by atoms with Crippen LogP contribution < -0.4 is 5.73 Å². The summed E-state index contributed by atoms with van der Waals surface area (Å²) < 4.78 is 2.03. The standard InChI is InChI=1S/C18H32N4O.ClH/c1-12(2)14(19)9-10-21(6)17(23)15-11-16(13-7-8-13)22(20-15)18(3,4)5;/h11-14H,7-10,19H2,1-6H3;1H. The fourth-order valence-corrected chi connectivity index (χ4v) is 2.68. The Labute approximate surface area is 152 Å². The van der Waals surface area contributed by atoms with E-state index >= 15 is 0 Å². The second kappa shape index (κ2) is 7.87. The van der Waals surface area contributed by atoms with E-state index in [9.17, 15) is 4.79 Å². The van der Waals surface area contributed by atoms with Gasteiger partial charge in [-0.2, -0.15) is 5.10 Å². The summed E-state index contributed by atoms with van der Waals surface area (Å²) >= 11 is 0. The van der Waals surface area contributed by atoms with Gasteiger partial charge in [-0.05, 0) is 52.0 Å². The van der Waals surface area contributed by atoms with Crippen molar-refractivity contribution < 1.29 is 4.79 Å². The molecule has 138 valence electrons. The highest BCUT2D eigenvalue weighted by Gasteiger charge is 2.33. The van der Waals surface area contributed by atoms with Crippen molar-refractivity contribution in [3.05, 3.63) is 17.5 Å². The van der Waals surface area contributed by atoms with Gasteiger partial charge in [-0.25, -0.2) is 0 Å². The van der Waals surface area contributed by atoms with Crippen LogP contribution in [0.5, 0.6) is 0 Å². The number of nitrogens with zero attached hydrogens (tertiary/aromatic N) is 3. The van der Waals surface area contributed by atoms with Crippen LogP contribution in [0.4, 0.5) is 0 Å². The fourth-order valence-electron chi connectivity index (χ4n) is 2.68. The Morgan fingerprint density at radius 1 is 1.42 bits per heavy atom. The van der Waals surface area contributed by atoms with E-state index in [4.69, 9.17) is 5.73 Å². The third kappa shape index (κ3) is 4.96. The van der Waals surface area contributed by atoms with Crippen molar-refractivity contribution in [2.45, 2.75) is 71.4 Å². The summed E-state index contributed by atoms with van der Waals surface area (Å²) in [4.78, 5) is 14.4. The third-order valence-electron chi connectivity index (χ3n) is 4.59. The number of aromatic nitrogens is 2. The first-order valence-electron chi connectivity index (χ1n) is 8.72. The zero-order chi connectivity index (χ0) is 17.4. The van der Waals surface area contributed by atoms with Gasteiger partial charge in [0.15, 0.2) is 5.69 Å². The number of nitrogens with two attached hydrogens (primary N) is 1. The summed E-state index contributed by atoms with van der Waals surface area (Å²) in [6.45, 7) is 11.3. The van der Waals surface area contributed by atoms with Crippen LogP contribution >= 0.6 is 12.4 Å². The molecule has 0 spiro atoms. The second-order valence-electron chi connectivity index (χ2n) is 8.23. The highest BCUT2D eigenvalue weighted by molar-refractivity contribution is 5.92. The van der Waals surface area contributed by atoms with Crippen LogP contribution in [0.2, 0.25) is 0 Å². The predicted octanol–water partition coefficient (Wildman–Crippen LogP) is 3.38. The minimum Gasteiger partial charge on any atom is -0.340 e. The van der Waals surface area contributed by atoms with Gasteiger partial charge in [0.1, 0.15) is 0 Å². The largest absolute Gasteiger partial charge is 0.340 e. The van der Waals surface area contributed by atoms with E-state index in [0.717, 1.165) is 6.42 Å². The smallest absolute Gasteiger partial charge is 0.274 e. The molecule has 0 bridgehead atoms. The SMILES string of the molecule is CC(C)C(N)CCN(C)C(=O)c1cc(C2CC2)n(C(C)(C)C)n1.Cl. The second-order valence-corrected chi connectivity index (χ2v) is 8.23. The number of hydrogen-bond donors (Lipinski definition) is 1. The number of amides is 1. The van der Waals surface area contributed by atoms with E-state index in [0.29, 0.717) is 24.1 Å². The van der Waals surface area contributed by atoms with Gasteiger partial charge >= 0.3 is 0 Å². The van der Waals surface area contributed by atoms with Gasteiger partial charge in [0.05, 0.1) is 5.54 Å². The minimum absolute atomic E-state index is 0. The van der Waals surface area contributed by atoms with Crippen LogP contribution in [0.3, 0.4) is 0 Å². The van der Waals surface area contributed by atoms with Crippen molar-refractivity contribution in [3.8, 4) is 0 Å². The molecule has 6 heteroatoms. The topological polar surface area (TPSA) is 64.2 Å². The monoisotopic (exact) mass is 356 g/mol. The highest BCUT2D eigenvalue weighted by Crippen LogP contribution is 2.41. The lowest BCUT2D eigenvalue weighted by atomic mass is 10.0. The summed E-state index contributed by atoms with van der Waals surface area (Å²) in [6, 6.07) is 2.11.